The Morgan fingerprint density at radius 3 is 2.21 bits per heavy atom. The van der Waals surface area contributed by atoms with Gasteiger partial charge in [0.05, 0.1) is 22.3 Å². The van der Waals surface area contributed by atoms with Crippen LogP contribution in [0.5, 0.6) is 5.75 Å². The molecule has 0 unspecified atom stereocenters. The minimum atomic E-state index is -0.332. The van der Waals surface area contributed by atoms with Crippen molar-refractivity contribution in [3.05, 3.63) is 63.5 Å². The fourth-order valence-corrected chi connectivity index (χ4v) is 4.29. The number of benzene rings is 2. The molecule has 0 aliphatic carbocycles. The maximum absolute atomic E-state index is 13.4. The molecule has 0 atom stereocenters. The van der Waals surface area contributed by atoms with Gasteiger partial charge in [0, 0.05) is 10.3 Å². The lowest BCUT2D eigenvalue weighted by Crippen LogP contribution is -2.32. The fraction of sp³-hybridized carbons (Fsp3) is 0.304. The van der Waals surface area contributed by atoms with Crippen LogP contribution in [0.1, 0.15) is 38.8 Å². The normalized spacial score (nSPS) is 14.6. The summed E-state index contributed by atoms with van der Waals surface area (Å²) in [6.45, 7) is 9.72. The van der Waals surface area contributed by atoms with E-state index in [9.17, 15) is 9.59 Å². The zero-order valence-electron chi connectivity index (χ0n) is 17.2. The van der Waals surface area contributed by atoms with Gasteiger partial charge in [-0.05, 0) is 56.2 Å². The van der Waals surface area contributed by atoms with Gasteiger partial charge in [0.2, 0.25) is 0 Å². The van der Waals surface area contributed by atoms with Crippen molar-refractivity contribution in [1.82, 2.24) is 0 Å². The van der Waals surface area contributed by atoms with Gasteiger partial charge in [-0.1, -0.05) is 43.6 Å². The lowest BCUT2D eigenvalue weighted by molar-refractivity contribution is -0.119. The Morgan fingerprint density at radius 1 is 0.966 bits per heavy atom. The first-order valence-electron chi connectivity index (χ1n) is 9.52. The summed E-state index contributed by atoms with van der Waals surface area (Å²) in [5.74, 6) is 0.0827. The highest BCUT2D eigenvalue weighted by molar-refractivity contribution is 8.04. The number of rotatable bonds is 6. The monoisotopic (exact) mass is 429 g/mol. The van der Waals surface area contributed by atoms with E-state index < -0.39 is 0 Å². The molecule has 1 aliphatic rings. The zero-order valence-corrected chi connectivity index (χ0v) is 18.7. The third-order valence-electron chi connectivity index (χ3n) is 4.39. The van der Waals surface area contributed by atoms with Gasteiger partial charge in [0.25, 0.3) is 11.8 Å². The molecule has 0 spiro atoms. The molecular weight excluding hydrogens is 406 g/mol. The molecule has 0 saturated carbocycles. The van der Waals surface area contributed by atoms with Gasteiger partial charge in [-0.15, -0.1) is 11.8 Å². The number of thioether (sulfide) groups is 1. The molecule has 6 heteroatoms. The number of nitrogens with zero attached hydrogens (tertiary/aromatic N) is 1. The van der Waals surface area contributed by atoms with Crippen LogP contribution in [0.25, 0.3) is 5.57 Å². The highest BCUT2D eigenvalue weighted by Gasteiger charge is 2.41. The van der Waals surface area contributed by atoms with Crippen LogP contribution >= 0.6 is 23.4 Å². The molecule has 0 saturated heterocycles. The second kappa shape index (κ2) is 8.64. The van der Waals surface area contributed by atoms with Crippen LogP contribution in [0, 0.1) is 6.92 Å². The topological polar surface area (TPSA) is 46.6 Å². The standard InChI is InChI=1S/C23H24ClNO3S/c1-13(2)28-17-11-9-16(10-12-17)20-21(29-14(3)4)23(27)25(22(20)26)19-8-6-7-18(24)15(19)5/h6-14H,1-5H3. The second-order valence-corrected chi connectivity index (χ2v) is 9.39. The maximum Gasteiger partial charge on any atom is 0.272 e. The Kier molecular flexibility index (Phi) is 6.39. The molecule has 0 aromatic heterocycles. The lowest BCUT2D eigenvalue weighted by atomic mass is 10.1. The lowest BCUT2D eigenvalue weighted by Gasteiger charge is -2.18. The molecule has 3 rings (SSSR count). The first-order valence-corrected chi connectivity index (χ1v) is 10.8. The van der Waals surface area contributed by atoms with Crippen molar-refractivity contribution in [2.24, 2.45) is 0 Å². The van der Waals surface area contributed by atoms with E-state index in [-0.39, 0.29) is 23.2 Å². The Balaban J connectivity index is 2.07. The fourth-order valence-electron chi connectivity index (χ4n) is 3.14. The van der Waals surface area contributed by atoms with Gasteiger partial charge in [-0.3, -0.25) is 9.59 Å². The molecule has 29 heavy (non-hydrogen) atoms. The van der Waals surface area contributed by atoms with Crippen molar-refractivity contribution in [2.45, 2.75) is 46.0 Å². The summed E-state index contributed by atoms with van der Waals surface area (Å²) in [4.78, 5) is 28.4. The van der Waals surface area contributed by atoms with E-state index in [1.165, 1.54) is 16.7 Å². The molecule has 1 heterocycles. The summed E-state index contributed by atoms with van der Waals surface area (Å²) >= 11 is 7.64. The van der Waals surface area contributed by atoms with Crippen molar-refractivity contribution in [2.75, 3.05) is 4.90 Å². The third-order valence-corrected chi connectivity index (χ3v) is 5.88. The highest BCUT2D eigenvalue weighted by Crippen LogP contribution is 2.41. The van der Waals surface area contributed by atoms with Crippen molar-refractivity contribution in [3.63, 3.8) is 0 Å². The third kappa shape index (κ3) is 4.36. The number of anilines is 1. The van der Waals surface area contributed by atoms with Gasteiger partial charge in [0.15, 0.2) is 0 Å². The molecule has 2 amide bonds. The number of ether oxygens (including phenoxy) is 1. The number of hydrogen-bond donors (Lipinski definition) is 0. The molecule has 0 N–H and O–H groups in total. The zero-order chi connectivity index (χ0) is 21.3. The summed E-state index contributed by atoms with van der Waals surface area (Å²) in [7, 11) is 0. The molecule has 152 valence electrons. The minimum Gasteiger partial charge on any atom is -0.491 e. The van der Waals surface area contributed by atoms with Crippen LogP contribution in [0.3, 0.4) is 0 Å². The molecule has 0 radical (unpaired) electrons. The Labute approximate surface area is 180 Å². The average molecular weight is 430 g/mol. The van der Waals surface area contributed by atoms with E-state index in [1.807, 2.05) is 58.9 Å². The Bertz CT molecular complexity index is 980. The average Bonchev–Trinajstić information content (AvgIpc) is 2.88. The number of carbonyl (C=O) groups is 2. The van der Waals surface area contributed by atoms with E-state index in [2.05, 4.69) is 0 Å². The minimum absolute atomic E-state index is 0.0584. The largest absolute Gasteiger partial charge is 0.491 e. The molecule has 0 bridgehead atoms. The van der Waals surface area contributed by atoms with Crippen LogP contribution in [-0.4, -0.2) is 23.2 Å². The van der Waals surface area contributed by atoms with E-state index in [0.717, 1.165) is 5.75 Å². The maximum atomic E-state index is 13.4. The van der Waals surface area contributed by atoms with Gasteiger partial charge >= 0.3 is 0 Å². The summed E-state index contributed by atoms with van der Waals surface area (Å²) in [5.41, 5.74) is 2.34. The van der Waals surface area contributed by atoms with Crippen molar-refractivity contribution in [3.8, 4) is 5.75 Å². The van der Waals surface area contributed by atoms with E-state index in [0.29, 0.717) is 32.3 Å². The van der Waals surface area contributed by atoms with Gasteiger partial charge in [-0.2, -0.15) is 0 Å². The van der Waals surface area contributed by atoms with E-state index in [4.69, 9.17) is 16.3 Å². The van der Waals surface area contributed by atoms with E-state index in [1.54, 1.807) is 18.2 Å². The number of halogens is 1. The highest BCUT2D eigenvalue weighted by atomic mass is 35.5. The predicted octanol–water partition coefficient (Wildman–Crippen LogP) is 5.86. The predicted molar refractivity (Wildman–Crippen MR) is 121 cm³/mol. The van der Waals surface area contributed by atoms with Crippen LogP contribution in [0.2, 0.25) is 5.02 Å². The van der Waals surface area contributed by atoms with E-state index >= 15 is 0 Å². The second-order valence-electron chi connectivity index (χ2n) is 7.39. The molecule has 4 nitrogen and oxygen atoms in total. The van der Waals surface area contributed by atoms with Crippen molar-refractivity contribution in [1.29, 1.82) is 0 Å². The van der Waals surface area contributed by atoms with Gasteiger partial charge in [0.1, 0.15) is 5.75 Å². The molecular formula is C23H24ClNO3S. The number of imide groups is 1. The Morgan fingerprint density at radius 2 is 1.62 bits per heavy atom. The van der Waals surface area contributed by atoms with Crippen LogP contribution < -0.4 is 9.64 Å². The smallest absolute Gasteiger partial charge is 0.272 e. The molecule has 2 aromatic rings. The first-order chi connectivity index (χ1) is 13.7. The summed E-state index contributed by atoms with van der Waals surface area (Å²) in [6.07, 6.45) is 0.0584. The molecule has 0 fully saturated rings. The van der Waals surface area contributed by atoms with Gasteiger partial charge in [-0.25, -0.2) is 4.90 Å². The van der Waals surface area contributed by atoms with Gasteiger partial charge < -0.3 is 4.74 Å². The molecule has 2 aromatic carbocycles. The first kappa shape index (κ1) is 21.5. The SMILES string of the molecule is Cc1c(Cl)cccc1N1C(=O)C(SC(C)C)=C(c2ccc(OC(C)C)cc2)C1=O. The summed E-state index contributed by atoms with van der Waals surface area (Å²) in [5, 5.41) is 0.672. The number of hydrogen-bond acceptors (Lipinski definition) is 4. The number of carbonyl (C=O) groups excluding carboxylic acids is 2. The van der Waals surface area contributed by atoms with Crippen LogP contribution in [0.15, 0.2) is 47.4 Å². The summed E-state index contributed by atoms with van der Waals surface area (Å²) < 4.78 is 5.69. The number of amides is 2. The van der Waals surface area contributed by atoms with Crippen molar-refractivity contribution >= 4 is 46.4 Å². The quantitative estimate of drug-likeness (QED) is 0.539. The Hall–Kier alpha value is -2.24. The molecule has 1 aliphatic heterocycles. The summed E-state index contributed by atoms with van der Waals surface area (Å²) in [6, 6.07) is 12.5. The van der Waals surface area contributed by atoms with Crippen molar-refractivity contribution < 1.29 is 14.3 Å². The van der Waals surface area contributed by atoms with Crippen LogP contribution in [-0.2, 0) is 9.59 Å². The van der Waals surface area contributed by atoms with Crippen LogP contribution in [0.4, 0.5) is 5.69 Å².